The molecule has 0 rings (SSSR count). The quantitative estimate of drug-likeness (QED) is 0.535. The highest BCUT2D eigenvalue weighted by Crippen LogP contribution is 2.30. The number of unbranched alkanes of at least 4 members (excludes halogenated alkanes) is 6. The molecule has 0 aromatic rings. The van der Waals surface area contributed by atoms with E-state index < -0.39 is 0 Å². The third-order valence-corrected chi connectivity index (χ3v) is 3.76. The minimum absolute atomic E-state index is 0.106. The Morgan fingerprint density at radius 2 is 1.29 bits per heavy atom. The average molecular weight is 241 g/mol. The molecule has 102 valence electrons. The summed E-state index contributed by atoms with van der Waals surface area (Å²) < 4.78 is 0. The van der Waals surface area contributed by atoms with Gasteiger partial charge in [-0.1, -0.05) is 72.1 Å². The van der Waals surface area contributed by atoms with Gasteiger partial charge in [0.1, 0.15) is 0 Å². The van der Waals surface area contributed by atoms with Crippen LogP contribution in [0.1, 0.15) is 85.0 Å². The van der Waals surface area contributed by atoms with Crippen molar-refractivity contribution in [2.75, 3.05) is 0 Å². The van der Waals surface area contributed by atoms with E-state index in [2.05, 4.69) is 13.8 Å². The summed E-state index contributed by atoms with van der Waals surface area (Å²) in [6, 6.07) is 0. The fraction of sp³-hybridized carbons (Fsp3) is 0.933. The second-order valence-corrected chi connectivity index (χ2v) is 5.55. The lowest BCUT2D eigenvalue weighted by molar-refractivity contribution is -0.127. The molecule has 2 N–H and O–H groups in total. The standard InChI is InChI=1S/C15H31NO/c1-4-6-8-10-12-15(3,14(16)17)13-11-9-7-5-2/h4-13H2,1-3H3,(H2,16,17). The van der Waals surface area contributed by atoms with Crippen molar-refractivity contribution in [2.24, 2.45) is 11.1 Å². The van der Waals surface area contributed by atoms with Crippen molar-refractivity contribution >= 4 is 5.91 Å². The molecule has 0 radical (unpaired) electrons. The second-order valence-electron chi connectivity index (χ2n) is 5.55. The summed E-state index contributed by atoms with van der Waals surface area (Å²) in [4.78, 5) is 11.6. The van der Waals surface area contributed by atoms with Crippen molar-refractivity contribution in [1.82, 2.24) is 0 Å². The Balaban J connectivity index is 3.94. The zero-order valence-electron chi connectivity index (χ0n) is 12.1. The average Bonchev–Trinajstić information content (AvgIpc) is 2.30. The fourth-order valence-electron chi connectivity index (χ4n) is 2.26. The molecular weight excluding hydrogens is 210 g/mol. The summed E-state index contributed by atoms with van der Waals surface area (Å²) in [5.74, 6) is -0.106. The second kappa shape index (κ2) is 9.49. The maximum absolute atomic E-state index is 11.6. The topological polar surface area (TPSA) is 43.1 Å². The van der Waals surface area contributed by atoms with Gasteiger partial charge in [-0.25, -0.2) is 0 Å². The maximum Gasteiger partial charge on any atom is 0.223 e. The minimum Gasteiger partial charge on any atom is -0.369 e. The third kappa shape index (κ3) is 7.40. The van der Waals surface area contributed by atoms with Gasteiger partial charge in [0.2, 0.25) is 5.91 Å². The molecular formula is C15H31NO. The molecule has 0 aliphatic rings. The summed E-state index contributed by atoms with van der Waals surface area (Å²) in [6.07, 6.45) is 11.7. The Kier molecular flexibility index (Phi) is 9.20. The predicted octanol–water partition coefficient (Wildman–Crippen LogP) is 4.42. The van der Waals surface area contributed by atoms with Gasteiger partial charge in [-0.2, -0.15) is 0 Å². The van der Waals surface area contributed by atoms with Crippen LogP contribution in [0.25, 0.3) is 0 Å². The van der Waals surface area contributed by atoms with Gasteiger partial charge in [-0.3, -0.25) is 4.79 Å². The van der Waals surface area contributed by atoms with Crippen LogP contribution in [0.4, 0.5) is 0 Å². The van der Waals surface area contributed by atoms with Gasteiger partial charge >= 0.3 is 0 Å². The van der Waals surface area contributed by atoms with Gasteiger partial charge in [0.25, 0.3) is 0 Å². The van der Waals surface area contributed by atoms with Crippen molar-refractivity contribution in [3.8, 4) is 0 Å². The molecule has 0 spiro atoms. The smallest absolute Gasteiger partial charge is 0.223 e. The Bertz CT molecular complexity index is 189. The summed E-state index contributed by atoms with van der Waals surface area (Å²) in [5, 5.41) is 0. The highest BCUT2D eigenvalue weighted by molar-refractivity contribution is 5.80. The molecule has 0 fully saturated rings. The first-order valence-electron chi connectivity index (χ1n) is 7.36. The van der Waals surface area contributed by atoms with Crippen LogP contribution in [0, 0.1) is 5.41 Å². The molecule has 2 heteroatoms. The van der Waals surface area contributed by atoms with Crippen molar-refractivity contribution in [3.05, 3.63) is 0 Å². The summed E-state index contributed by atoms with van der Waals surface area (Å²) in [6.45, 7) is 6.46. The van der Waals surface area contributed by atoms with Crippen LogP contribution >= 0.6 is 0 Å². The highest BCUT2D eigenvalue weighted by atomic mass is 16.1. The van der Waals surface area contributed by atoms with Gasteiger partial charge in [0.15, 0.2) is 0 Å². The molecule has 0 bridgehead atoms. The van der Waals surface area contributed by atoms with Crippen LogP contribution < -0.4 is 5.73 Å². The molecule has 0 saturated carbocycles. The molecule has 17 heavy (non-hydrogen) atoms. The Morgan fingerprint density at radius 1 is 0.882 bits per heavy atom. The molecule has 0 atom stereocenters. The molecule has 2 nitrogen and oxygen atoms in total. The van der Waals surface area contributed by atoms with Crippen molar-refractivity contribution in [1.29, 1.82) is 0 Å². The number of carbonyl (C=O) groups excluding carboxylic acids is 1. The number of hydrogen-bond donors (Lipinski definition) is 1. The maximum atomic E-state index is 11.6. The number of rotatable bonds is 11. The van der Waals surface area contributed by atoms with E-state index >= 15 is 0 Å². The van der Waals surface area contributed by atoms with Crippen LogP contribution in [0.2, 0.25) is 0 Å². The molecule has 0 aromatic carbocycles. The van der Waals surface area contributed by atoms with Gasteiger partial charge < -0.3 is 5.73 Å². The molecule has 1 amide bonds. The summed E-state index contributed by atoms with van der Waals surface area (Å²) in [5.41, 5.74) is 5.30. The van der Waals surface area contributed by atoms with Gasteiger partial charge in [0, 0.05) is 5.41 Å². The monoisotopic (exact) mass is 241 g/mol. The molecule has 0 aromatic heterocycles. The van der Waals surface area contributed by atoms with E-state index in [1.54, 1.807) is 0 Å². The van der Waals surface area contributed by atoms with E-state index in [0.29, 0.717) is 0 Å². The normalized spacial score (nSPS) is 11.7. The number of nitrogens with two attached hydrogens (primary N) is 1. The van der Waals surface area contributed by atoms with Gasteiger partial charge in [0.05, 0.1) is 0 Å². The lowest BCUT2D eigenvalue weighted by atomic mass is 9.79. The van der Waals surface area contributed by atoms with E-state index in [-0.39, 0.29) is 11.3 Å². The van der Waals surface area contributed by atoms with Gasteiger partial charge in [-0.05, 0) is 12.8 Å². The molecule has 0 aliphatic heterocycles. The first-order valence-corrected chi connectivity index (χ1v) is 7.36. The van der Waals surface area contributed by atoms with Crippen LogP contribution in [0.15, 0.2) is 0 Å². The van der Waals surface area contributed by atoms with E-state index in [9.17, 15) is 4.79 Å². The molecule has 0 saturated heterocycles. The SMILES string of the molecule is CCCCCCC(C)(CCCCCC)C(N)=O. The minimum atomic E-state index is -0.262. The van der Waals surface area contributed by atoms with Crippen LogP contribution in [0.3, 0.4) is 0 Å². The van der Waals surface area contributed by atoms with E-state index in [1.807, 2.05) is 6.92 Å². The molecule has 0 heterocycles. The Hall–Kier alpha value is -0.530. The Morgan fingerprint density at radius 3 is 1.59 bits per heavy atom. The van der Waals surface area contributed by atoms with E-state index in [1.165, 1.54) is 38.5 Å². The van der Waals surface area contributed by atoms with Crippen molar-refractivity contribution in [3.63, 3.8) is 0 Å². The zero-order chi connectivity index (χ0) is 13.1. The highest BCUT2D eigenvalue weighted by Gasteiger charge is 2.29. The van der Waals surface area contributed by atoms with Crippen molar-refractivity contribution in [2.45, 2.75) is 85.0 Å². The number of primary amides is 1. The first-order chi connectivity index (χ1) is 8.06. The summed E-state index contributed by atoms with van der Waals surface area (Å²) >= 11 is 0. The lowest BCUT2D eigenvalue weighted by Crippen LogP contribution is -2.34. The first kappa shape index (κ1) is 16.5. The number of amides is 1. The van der Waals surface area contributed by atoms with Gasteiger partial charge in [-0.15, -0.1) is 0 Å². The molecule has 0 aliphatic carbocycles. The predicted molar refractivity (Wildman–Crippen MR) is 74.8 cm³/mol. The van der Waals surface area contributed by atoms with Crippen LogP contribution in [-0.2, 0) is 4.79 Å². The van der Waals surface area contributed by atoms with Crippen molar-refractivity contribution < 1.29 is 4.79 Å². The van der Waals surface area contributed by atoms with E-state index in [0.717, 1.165) is 25.7 Å². The lowest BCUT2D eigenvalue weighted by Gasteiger charge is -2.26. The largest absolute Gasteiger partial charge is 0.369 e. The summed E-state index contributed by atoms with van der Waals surface area (Å²) in [7, 11) is 0. The number of hydrogen-bond acceptors (Lipinski definition) is 1. The Labute approximate surface area is 107 Å². The van der Waals surface area contributed by atoms with Crippen LogP contribution in [0.5, 0.6) is 0 Å². The molecule has 0 unspecified atom stereocenters. The number of carbonyl (C=O) groups is 1. The van der Waals surface area contributed by atoms with E-state index in [4.69, 9.17) is 5.73 Å². The third-order valence-electron chi connectivity index (χ3n) is 3.76. The zero-order valence-corrected chi connectivity index (χ0v) is 12.1. The fourth-order valence-corrected chi connectivity index (χ4v) is 2.26. The van der Waals surface area contributed by atoms with Crippen LogP contribution in [-0.4, -0.2) is 5.91 Å².